The summed E-state index contributed by atoms with van der Waals surface area (Å²) >= 11 is 0. The Bertz CT molecular complexity index is 418. The summed E-state index contributed by atoms with van der Waals surface area (Å²) in [6, 6.07) is 5.46. The Kier molecular flexibility index (Phi) is 3.64. The van der Waals surface area contributed by atoms with E-state index in [1.807, 2.05) is 25.1 Å². The summed E-state index contributed by atoms with van der Waals surface area (Å²) in [5.41, 5.74) is 1.86. The molecule has 1 atom stereocenters. The zero-order chi connectivity index (χ0) is 12.3. The summed E-state index contributed by atoms with van der Waals surface area (Å²) in [6.45, 7) is 5.49. The molecule has 0 aromatic heterocycles. The molecule has 0 fully saturated rings. The van der Waals surface area contributed by atoms with Crippen LogP contribution in [0.15, 0.2) is 18.2 Å². The molecule has 0 aliphatic carbocycles. The molecule has 92 valence electrons. The Labute approximate surface area is 101 Å². The fraction of sp³-hybridized carbons (Fsp3) is 0.462. The highest BCUT2D eigenvalue weighted by atomic mass is 16.5. The Morgan fingerprint density at radius 1 is 1.41 bits per heavy atom. The lowest BCUT2D eigenvalue weighted by molar-refractivity contribution is -0.117. The molecule has 17 heavy (non-hydrogen) atoms. The number of rotatable bonds is 5. The van der Waals surface area contributed by atoms with E-state index in [1.54, 1.807) is 0 Å². The van der Waals surface area contributed by atoms with Gasteiger partial charge in [-0.3, -0.25) is 4.79 Å². The first-order chi connectivity index (χ1) is 8.26. The SMILES string of the molecule is CCCNC1C(=O)Nc2ccc(OCC)cc21. The fourth-order valence-electron chi connectivity index (χ4n) is 1.99. The second-order valence-electron chi connectivity index (χ2n) is 4.06. The number of hydrogen-bond acceptors (Lipinski definition) is 3. The molecule has 0 spiro atoms. The fourth-order valence-corrected chi connectivity index (χ4v) is 1.99. The lowest BCUT2D eigenvalue weighted by Gasteiger charge is -2.11. The Hall–Kier alpha value is -1.55. The number of nitrogens with one attached hydrogen (secondary N) is 2. The van der Waals surface area contributed by atoms with Gasteiger partial charge in [0.05, 0.1) is 6.61 Å². The second kappa shape index (κ2) is 5.19. The lowest BCUT2D eigenvalue weighted by Crippen LogP contribution is -2.28. The Morgan fingerprint density at radius 2 is 2.24 bits per heavy atom. The largest absolute Gasteiger partial charge is 0.494 e. The first kappa shape index (κ1) is 11.9. The molecule has 1 aromatic rings. The third kappa shape index (κ3) is 2.42. The smallest absolute Gasteiger partial charge is 0.246 e. The van der Waals surface area contributed by atoms with Crippen LogP contribution in [0.25, 0.3) is 0 Å². The highest BCUT2D eigenvalue weighted by Crippen LogP contribution is 2.33. The van der Waals surface area contributed by atoms with Gasteiger partial charge >= 0.3 is 0 Å². The van der Waals surface area contributed by atoms with E-state index in [0.717, 1.165) is 30.0 Å². The predicted molar refractivity (Wildman–Crippen MR) is 67.3 cm³/mol. The number of fused-ring (bicyclic) bond motifs is 1. The Balaban J connectivity index is 2.22. The lowest BCUT2D eigenvalue weighted by atomic mass is 10.1. The highest BCUT2D eigenvalue weighted by Gasteiger charge is 2.30. The molecule has 0 bridgehead atoms. The van der Waals surface area contributed by atoms with E-state index in [2.05, 4.69) is 17.6 Å². The van der Waals surface area contributed by atoms with Gasteiger partial charge in [-0.2, -0.15) is 0 Å². The van der Waals surface area contributed by atoms with Crippen molar-refractivity contribution in [2.24, 2.45) is 0 Å². The van der Waals surface area contributed by atoms with Crippen LogP contribution in [0.2, 0.25) is 0 Å². The average Bonchev–Trinajstić information content (AvgIpc) is 2.63. The summed E-state index contributed by atoms with van der Waals surface area (Å²) in [5.74, 6) is 0.827. The van der Waals surface area contributed by atoms with E-state index >= 15 is 0 Å². The molecule has 4 nitrogen and oxygen atoms in total. The maximum absolute atomic E-state index is 11.8. The van der Waals surface area contributed by atoms with Gasteiger partial charge in [0, 0.05) is 11.3 Å². The zero-order valence-electron chi connectivity index (χ0n) is 10.2. The van der Waals surface area contributed by atoms with Crippen molar-refractivity contribution in [3.8, 4) is 5.75 Å². The molecule has 1 aliphatic heterocycles. The monoisotopic (exact) mass is 234 g/mol. The minimum absolute atomic E-state index is 0.0158. The van der Waals surface area contributed by atoms with Crippen molar-refractivity contribution in [2.75, 3.05) is 18.5 Å². The summed E-state index contributed by atoms with van der Waals surface area (Å²) in [4.78, 5) is 11.8. The van der Waals surface area contributed by atoms with Gasteiger partial charge < -0.3 is 15.4 Å². The average molecular weight is 234 g/mol. The second-order valence-corrected chi connectivity index (χ2v) is 4.06. The van der Waals surface area contributed by atoms with E-state index < -0.39 is 0 Å². The number of ether oxygens (including phenoxy) is 1. The third-order valence-corrected chi connectivity index (χ3v) is 2.76. The van der Waals surface area contributed by atoms with Gasteiger partial charge in [0.15, 0.2) is 0 Å². The molecule has 2 N–H and O–H groups in total. The molecular weight excluding hydrogens is 216 g/mol. The summed E-state index contributed by atoms with van der Waals surface area (Å²) in [7, 11) is 0. The molecule has 1 aromatic carbocycles. The number of hydrogen-bond donors (Lipinski definition) is 2. The molecule has 2 rings (SSSR count). The number of carbonyl (C=O) groups excluding carboxylic acids is 1. The minimum Gasteiger partial charge on any atom is -0.494 e. The van der Waals surface area contributed by atoms with Crippen LogP contribution < -0.4 is 15.4 Å². The van der Waals surface area contributed by atoms with Gasteiger partial charge in [-0.05, 0) is 38.1 Å². The molecular formula is C13H18N2O2. The van der Waals surface area contributed by atoms with Crippen LogP contribution in [-0.4, -0.2) is 19.1 Å². The van der Waals surface area contributed by atoms with Crippen LogP contribution in [0.3, 0.4) is 0 Å². The number of anilines is 1. The van der Waals surface area contributed by atoms with Crippen LogP contribution in [0.1, 0.15) is 31.9 Å². The van der Waals surface area contributed by atoms with Gasteiger partial charge in [0.2, 0.25) is 5.91 Å². The van der Waals surface area contributed by atoms with E-state index in [0.29, 0.717) is 6.61 Å². The third-order valence-electron chi connectivity index (χ3n) is 2.76. The predicted octanol–water partition coefficient (Wildman–Crippen LogP) is 2.08. The van der Waals surface area contributed by atoms with Crippen molar-refractivity contribution in [3.63, 3.8) is 0 Å². The van der Waals surface area contributed by atoms with Crippen molar-refractivity contribution in [1.29, 1.82) is 0 Å². The van der Waals surface area contributed by atoms with Gasteiger partial charge in [0.25, 0.3) is 0 Å². The Morgan fingerprint density at radius 3 is 2.94 bits per heavy atom. The molecule has 1 heterocycles. The van der Waals surface area contributed by atoms with E-state index in [-0.39, 0.29) is 11.9 Å². The van der Waals surface area contributed by atoms with E-state index in [1.165, 1.54) is 0 Å². The maximum atomic E-state index is 11.8. The molecule has 0 saturated heterocycles. The van der Waals surface area contributed by atoms with Crippen LogP contribution in [-0.2, 0) is 4.79 Å². The number of amides is 1. The van der Waals surface area contributed by atoms with Crippen LogP contribution in [0.4, 0.5) is 5.69 Å². The van der Waals surface area contributed by atoms with Crippen molar-refractivity contribution in [3.05, 3.63) is 23.8 Å². The van der Waals surface area contributed by atoms with Crippen LogP contribution in [0.5, 0.6) is 5.75 Å². The summed E-state index contributed by atoms with van der Waals surface area (Å²) in [5, 5.41) is 6.11. The molecule has 1 amide bonds. The van der Waals surface area contributed by atoms with Crippen LogP contribution >= 0.6 is 0 Å². The minimum atomic E-state index is -0.245. The van der Waals surface area contributed by atoms with Crippen molar-refractivity contribution in [2.45, 2.75) is 26.3 Å². The normalized spacial score (nSPS) is 17.8. The maximum Gasteiger partial charge on any atom is 0.246 e. The van der Waals surface area contributed by atoms with Gasteiger partial charge in [-0.1, -0.05) is 6.92 Å². The van der Waals surface area contributed by atoms with Crippen molar-refractivity contribution < 1.29 is 9.53 Å². The van der Waals surface area contributed by atoms with Gasteiger partial charge in [-0.15, -0.1) is 0 Å². The first-order valence-corrected chi connectivity index (χ1v) is 6.07. The molecule has 4 heteroatoms. The first-order valence-electron chi connectivity index (χ1n) is 6.07. The van der Waals surface area contributed by atoms with Gasteiger partial charge in [0.1, 0.15) is 11.8 Å². The molecule has 1 aliphatic rings. The van der Waals surface area contributed by atoms with E-state index in [4.69, 9.17) is 4.74 Å². The van der Waals surface area contributed by atoms with Crippen LogP contribution in [0, 0.1) is 0 Å². The summed E-state index contributed by atoms with van der Waals surface area (Å²) < 4.78 is 5.45. The topological polar surface area (TPSA) is 50.4 Å². The molecule has 1 unspecified atom stereocenters. The highest BCUT2D eigenvalue weighted by molar-refractivity contribution is 6.02. The molecule has 0 radical (unpaired) electrons. The standard InChI is InChI=1S/C13H18N2O2/c1-3-7-14-12-10-8-9(17-4-2)5-6-11(10)15-13(12)16/h5-6,8,12,14H,3-4,7H2,1-2H3,(H,15,16). The quantitative estimate of drug-likeness (QED) is 0.820. The van der Waals surface area contributed by atoms with Crippen molar-refractivity contribution >= 4 is 11.6 Å². The number of carbonyl (C=O) groups is 1. The van der Waals surface area contributed by atoms with E-state index in [9.17, 15) is 4.79 Å². The molecule has 0 saturated carbocycles. The summed E-state index contributed by atoms with van der Waals surface area (Å²) in [6.07, 6.45) is 1.00. The zero-order valence-corrected chi connectivity index (χ0v) is 10.2. The van der Waals surface area contributed by atoms with Gasteiger partial charge in [-0.25, -0.2) is 0 Å². The van der Waals surface area contributed by atoms with Crippen molar-refractivity contribution in [1.82, 2.24) is 5.32 Å². The number of benzene rings is 1.